The molecule has 1 aromatic carbocycles. The number of H-pyrrole nitrogens is 2. The Hall–Kier alpha value is -1.97. The van der Waals surface area contributed by atoms with Gasteiger partial charge in [-0.2, -0.15) is 0 Å². The predicted octanol–water partition coefficient (Wildman–Crippen LogP) is 1.98. The Bertz CT molecular complexity index is 612. The Labute approximate surface area is 105 Å². The number of rotatable bonds is 3. The highest BCUT2D eigenvalue weighted by Crippen LogP contribution is 2.36. The third-order valence-corrected chi connectivity index (χ3v) is 3.67. The number of aromatic amines is 2. The molecular weight excluding hydrogens is 228 g/mol. The Morgan fingerprint density at radius 3 is 3.06 bits per heavy atom. The molecule has 0 spiro atoms. The van der Waals surface area contributed by atoms with E-state index in [1.54, 1.807) is 13.3 Å². The summed E-state index contributed by atoms with van der Waals surface area (Å²) < 4.78 is 5.24. The van der Waals surface area contributed by atoms with Gasteiger partial charge in [0, 0.05) is 11.9 Å². The molecular formula is C14H16N2O2. The van der Waals surface area contributed by atoms with Crippen molar-refractivity contribution in [3.63, 3.8) is 0 Å². The molecule has 1 heterocycles. The number of fused-ring (bicyclic) bond motifs is 1. The van der Waals surface area contributed by atoms with Gasteiger partial charge in [0.1, 0.15) is 5.75 Å². The van der Waals surface area contributed by atoms with Gasteiger partial charge in [0.15, 0.2) is 0 Å². The number of hydrogen-bond acceptors (Lipinski definition) is 2. The van der Waals surface area contributed by atoms with Crippen LogP contribution >= 0.6 is 0 Å². The van der Waals surface area contributed by atoms with Crippen LogP contribution in [0, 0.1) is 0 Å². The lowest BCUT2D eigenvalue weighted by Gasteiger charge is -2.10. The van der Waals surface area contributed by atoms with E-state index in [1.165, 1.54) is 11.1 Å². The molecule has 0 aliphatic heterocycles. The summed E-state index contributed by atoms with van der Waals surface area (Å²) in [6.45, 7) is 0. The Balaban J connectivity index is 1.84. The van der Waals surface area contributed by atoms with Gasteiger partial charge in [0.2, 0.25) is 0 Å². The zero-order chi connectivity index (χ0) is 12.5. The van der Waals surface area contributed by atoms with Gasteiger partial charge < -0.3 is 14.7 Å². The highest BCUT2D eigenvalue weighted by atomic mass is 16.5. The maximum Gasteiger partial charge on any atom is 0.323 e. The molecule has 1 aliphatic rings. The molecule has 2 aromatic rings. The third kappa shape index (κ3) is 1.94. The van der Waals surface area contributed by atoms with Crippen molar-refractivity contribution in [1.82, 2.24) is 9.97 Å². The molecule has 0 bridgehead atoms. The van der Waals surface area contributed by atoms with Gasteiger partial charge in [-0.25, -0.2) is 4.79 Å². The second-order valence-electron chi connectivity index (χ2n) is 4.77. The van der Waals surface area contributed by atoms with E-state index in [4.69, 9.17) is 4.74 Å². The minimum atomic E-state index is -0.127. The molecule has 0 saturated heterocycles. The molecule has 4 heteroatoms. The van der Waals surface area contributed by atoms with Crippen LogP contribution < -0.4 is 10.4 Å². The molecule has 1 unspecified atom stereocenters. The van der Waals surface area contributed by atoms with Crippen molar-refractivity contribution in [2.45, 2.75) is 25.2 Å². The summed E-state index contributed by atoms with van der Waals surface area (Å²) >= 11 is 0. The van der Waals surface area contributed by atoms with Gasteiger partial charge in [0.25, 0.3) is 0 Å². The van der Waals surface area contributed by atoms with E-state index in [0.29, 0.717) is 5.92 Å². The van der Waals surface area contributed by atoms with Crippen LogP contribution in [-0.4, -0.2) is 17.1 Å². The molecule has 1 aromatic heterocycles. The average molecular weight is 244 g/mol. The van der Waals surface area contributed by atoms with E-state index in [1.807, 2.05) is 6.07 Å². The van der Waals surface area contributed by atoms with Gasteiger partial charge >= 0.3 is 5.69 Å². The van der Waals surface area contributed by atoms with Crippen LogP contribution in [0.2, 0.25) is 0 Å². The number of benzene rings is 1. The summed E-state index contributed by atoms with van der Waals surface area (Å²) in [4.78, 5) is 16.5. The van der Waals surface area contributed by atoms with Crippen molar-refractivity contribution >= 4 is 0 Å². The zero-order valence-corrected chi connectivity index (χ0v) is 10.3. The lowest BCUT2D eigenvalue weighted by molar-refractivity contribution is 0.414. The topological polar surface area (TPSA) is 57.9 Å². The van der Waals surface area contributed by atoms with Crippen molar-refractivity contribution in [1.29, 1.82) is 0 Å². The summed E-state index contributed by atoms with van der Waals surface area (Å²) in [5.74, 6) is 1.42. The van der Waals surface area contributed by atoms with Crippen molar-refractivity contribution < 1.29 is 4.74 Å². The van der Waals surface area contributed by atoms with E-state index in [0.717, 1.165) is 30.7 Å². The van der Waals surface area contributed by atoms with Crippen LogP contribution in [0.1, 0.15) is 29.2 Å². The number of imidazole rings is 1. The van der Waals surface area contributed by atoms with E-state index in [-0.39, 0.29) is 5.69 Å². The first-order chi connectivity index (χ1) is 8.76. The predicted molar refractivity (Wildman–Crippen MR) is 69.2 cm³/mol. The van der Waals surface area contributed by atoms with Gasteiger partial charge in [-0.1, -0.05) is 6.07 Å². The highest BCUT2D eigenvalue weighted by molar-refractivity contribution is 5.41. The van der Waals surface area contributed by atoms with Crippen LogP contribution in [0.15, 0.2) is 29.2 Å². The normalized spacial score (nSPS) is 17.7. The molecule has 1 aliphatic carbocycles. The number of methoxy groups -OCH3 is 1. The first kappa shape index (κ1) is 11.1. The molecule has 18 heavy (non-hydrogen) atoms. The highest BCUT2D eigenvalue weighted by Gasteiger charge is 2.23. The Kier molecular flexibility index (Phi) is 2.70. The fourth-order valence-corrected chi connectivity index (χ4v) is 2.77. The molecule has 4 nitrogen and oxygen atoms in total. The number of ether oxygens (including phenoxy) is 1. The minimum Gasteiger partial charge on any atom is -0.497 e. The first-order valence-electron chi connectivity index (χ1n) is 6.19. The number of aryl methyl sites for hydroxylation is 1. The van der Waals surface area contributed by atoms with Gasteiger partial charge in [-0.15, -0.1) is 0 Å². The lowest BCUT2D eigenvalue weighted by Crippen LogP contribution is -2.03. The van der Waals surface area contributed by atoms with Gasteiger partial charge in [-0.05, 0) is 48.4 Å². The third-order valence-electron chi connectivity index (χ3n) is 3.67. The standard InChI is InChI=1S/C14H16N2O2/c1-18-12-4-5-13-9(2-3-10(13)7-12)6-11-8-15-14(17)16-11/h4-5,7-9H,2-3,6H2,1H3,(H2,15,16,17). The van der Waals surface area contributed by atoms with Crippen LogP contribution in [0.4, 0.5) is 0 Å². The number of hydrogen-bond donors (Lipinski definition) is 2. The van der Waals surface area contributed by atoms with Crippen molar-refractivity contribution in [3.8, 4) is 5.75 Å². The molecule has 0 amide bonds. The minimum absolute atomic E-state index is 0.127. The molecule has 1 atom stereocenters. The molecule has 0 fully saturated rings. The monoisotopic (exact) mass is 244 g/mol. The zero-order valence-electron chi connectivity index (χ0n) is 10.3. The van der Waals surface area contributed by atoms with E-state index >= 15 is 0 Å². The van der Waals surface area contributed by atoms with Crippen molar-refractivity contribution in [2.24, 2.45) is 0 Å². The number of aromatic nitrogens is 2. The fraction of sp³-hybridized carbons (Fsp3) is 0.357. The maximum atomic E-state index is 11.1. The Morgan fingerprint density at radius 2 is 2.33 bits per heavy atom. The molecule has 2 N–H and O–H groups in total. The second kappa shape index (κ2) is 4.37. The second-order valence-corrected chi connectivity index (χ2v) is 4.77. The number of nitrogens with one attached hydrogen (secondary N) is 2. The van der Waals surface area contributed by atoms with Crippen LogP contribution in [-0.2, 0) is 12.8 Å². The first-order valence-corrected chi connectivity index (χ1v) is 6.19. The summed E-state index contributed by atoms with van der Waals surface area (Å²) in [6, 6.07) is 6.28. The largest absolute Gasteiger partial charge is 0.497 e. The molecule has 0 saturated carbocycles. The SMILES string of the molecule is COc1ccc2c(c1)CCC2Cc1c[nH]c(=O)[nH]1. The lowest BCUT2D eigenvalue weighted by atomic mass is 9.96. The molecule has 94 valence electrons. The van der Waals surface area contributed by atoms with Crippen LogP contribution in [0.5, 0.6) is 5.75 Å². The van der Waals surface area contributed by atoms with E-state index in [2.05, 4.69) is 22.1 Å². The van der Waals surface area contributed by atoms with Crippen molar-refractivity contribution in [2.75, 3.05) is 7.11 Å². The van der Waals surface area contributed by atoms with Crippen LogP contribution in [0.25, 0.3) is 0 Å². The van der Waals surface area contributed by atoms with Crippen LogP contribution in [0.3, 0.4) is 0 Å². The summed E-state index contributed by atoms with van der Waals surface area (Å²) in [5.41, 5.74) is 3.61. The Morgan fingerprint density at radius 1 is 1.44 bits per heavy atom. The summed E-state index contributed by atoms with van der Waals surface area (Å²) in [7, 11) is 1.69. The van der Waals surface area contributed by atoms with E-state index in [9.17, 15) is 4.79 Å². The molecule has 0 radical (unpaired) electrons. The van der Waals surface area contributed by atoms with E-state index < -0.39 is 0 Å². The molecule has 3 rings (SSSR count). The summed E-state index contributed by atoms with van der Waals surface area (Å²) in [6.07, 6.45) is 4.88. The smallest absolute Gasteiger partial charge is 0.323 e. The fourth-order valence-electron chi connectivity index (χ4n) is 2.77. The average Bonchev–Trinajstić information content (AvgIpc) is 2.96. The quantitative estimate of drug-likeness (QED) is 0.867. The van der Waals surface area contributed by atoms with Crippen molar-refractivity contribution in [3.05, 3.63) is 51.7 Å². The van der Waals surface area contributed by atoms with Gasteiger partial charge in [0.05, 0.1) is 7.11 Å². The van der Waals surface area contributed by atoms with Gasteiger partial charge in [-0.3, -0.25) is 0 Å². The summed E-state index contributed by atoms with van der Waals surface area (Å²) in [5, 5.41) is 0. The maximum absolute atomic E-state index is 11.1.